The van der Waals surface area contributed by atoms with Crippen LogP contribution in [0, 0.1) is 0 Å². The zero-order valence-electron chi connectivity index (χ0n) is 42.7. The first-order chi connectivity index (χ1) is 31.0. The van der Waals surface area contributed by atoms with Crippen molar-refractivity contribution >= 4 is 5.91 Å². The molecule has 0 bridgehead atoms. The van der Waals surface area contributed by atoms with Crippen molar-refractivity contribution in [3.05, 3.63) is 24.3 Å². The Bertz CT molecular complexity index is 936. The molecule has 5 heteroatoms. The van der Waals surface area contributed by atoms with Gasteiger partial charge in [-0.1, -0.05) is 289 Å². The maximum absolute atomic E-state index is 12.5. The van der Waals surface area contributed by atoms with Crippen LogP contribution < -0.4 is 5.32 Å². The second kappa shape index (κ2) is 53.4. The number of allylic oxidation sites excluding steroid dienone is 4. The van der Waals surface area contributed by atoms with E-state index in [1.54, 1.807) is 0 Å². The third-order valence-corrected chi connectivity index (χ3v) is 13.5. The van der Waals surface area contributed by atoms with E-state index in [0.717, 1.165) is 32.1 Å². The molecule has 0 aliphatic heterocycles. The van der Waals surface area contributed by atoms with Crippen LogP contribution in [0.1, 0.15) is 316 Å². The lowest BCUT2D eigenvalue weighted by molar-refractivity contribution is -0.125. The summed E-state index contributed by atoms with van der Waals surface area (Å²) in [6.45, 7) is 4.27. The lowest BCUT2D eigenvalue weighted by Gasteiger charge is -2.23. The largest absolute Gasteiger partial charge is 0.394 e. The van der Waals surface area contributed by atoms with E-state index in [1.807, 2.05) is 0 Å². The van der Waals surface area contributed by atoms with Crippen molar-refractivity contribution in [3.63, 3.8) is 0 Å². The Morgan fingerprint density at radius 1 is 0.397 bits per heavy atom. The normalized spacial score (nSPS) is 13.4. The van der Waals surface area contributed by atoms with Gasteiger partial charge in [0.2, 0.25) is 5.91 Å². The standard InChI is InChI=1S/C58H113NO4/c1-3-5-7-9-11-13-15-16-17-18-19-20-21-22-23-24-25-26-27-28-29-30-31-32-33-34-35-36-37-38-39-40-42-43-45-47-49-51-55(61)53-58(63)59-56(54-60)57(62)52-50-48-46-44-41-14-12-10-8-6-4-2/h25-26,28-29,55-57,60-62H,3-24,27,30-54H2,1-2H3,(H,59,63)/b26-25-,29-28-. The molecule has 4 N–H and O–H groups in total. The van der Waals surface area contributed by atoms with Gasteiger partial charge in [0.25, 0.3) is 0 Å². The van der Waals surface area contributed by atoms with Gasteiger partial charge in [0.1, 0.15) is 0 Å². The van der Waals surface area contributed by atoms with Crippen molar-refractivity contribution in [1.29, 1.82) is 0 Å². The number of hydrogen-bond donors (Lipinski definition) is 4. The van der Waals surface area contributed by atoms with Gasteiger partial charge in [-0.25, -0.2) is 0 Å². The number of aliphatic hydroxyl groups is 3. The molecule has 3 atom stereocenters. The number of hydrogen-bond acceptors (Lipinski definition) is 4. The highest BCUT2D eigenvalue weighted by atomic mass is 16.3. The fourth-order valence-electron chi connectivity index (χ4n) is 9.14. The van der Waals surface area contributed by atoms with Gasteiger partial charge in [-0.05, 0) is 44.9 Å². The molecule has 63 heavy (non-hydrogen) atoms. The highest BCUT2D eigenvalue weighted by molar-refractivity contribution is 5.76. The summed E-state index contributed by atoms with van der Waals surface area (Å²) in [6.07, 6.45) is 67.9. The SMILES string of the molecule is CCCCCCCCCCCCCCCCC/C=C\C/C=C\CCCCCCCCCCCCCCCCCC(O)CC(=O)NC(CO)C(O)CCCCCCCCCCCCC. The lowest BCUT2D eigenvalue weighted by atomic mass is 10.0. The Hall–Kier alpha value is -1.17. The van der Waals surface area contributed by atoms with Crippen LogP contribution >= 0.6 is 0 Å². The minimum atomic E-state index is -0.746. The molecule has 5 nitrogen and oxygen atoms in total. The van der Waals surface area contributed by atoms with E-state index < -0.39 is 18.2 Å². The molecule has 0 heterocycles. The van der Waals surface area contributed by atoms with Gasteiger partial charge >= 0.3 is 0 Å². The molecular formula is C58H113NO4. The van der Waals surface area contributed by atoms with Gasteiger partial charge in [-0.3, -0.25) is 4.79 Å². The summed E-state index contributed by atoms with van der Waals surface area (Å²) in [6, 6.07) is -0.656. The second-order valence-electron chi connectivity index (χ2n) is 19.9. The van der Waals surface area contributed by atoms with Gasteiger partial charge in [0.15, 0.2) is 0 Å². The smallest absolute Gasteiger partial charge is 0.222 e. The van der Waals surface area contributed by atoms with Crippen molar-refractivity contribution in [2.75, 3.05) is 6.61 Å². The molecule has 374 valence electrons. The zero-order valence-corrected chi connectivity index (χ0v) is 42.7. The molecule has 1 amide bonds. The Morgan fingerprint density at radius 2 is 0.683 bits per heavy atom. The molecule has 0 saturated carbocycles. The highest BCUT2D eigenvalue weighted by Gasteiger charge is 2.21. The van der Waals surface area contributed by atoms with Gasteiger partial charge < -0.3 is 20.6 Å². The Labute approximate surface area is 394 Å². The molecule has 0 aliphatic rings. The number of nitrogens with one attached hydrogen (secondary N) is 1. The fourth-order valence-corrected chi connectivity index (χ4v) is 9.14. The van der Waals surface area contributed by atoms with E-state index >= 15 is 0 Å². The summed E-state index contributed by atoms with van der Waals surface area (Å²) in [5, 5.41) is 33.5. The molecule has 0 saturated heterocycles. The van der Waals surface area contributed by atoms with E-state index in [1.165, 1.54) is 250 Å². The molecule has 0 rings (SSSR count). The van der Waals surface area contributed by atoms with Crippen LogP contribution in [0.5, 0.6) is 0 Å². The van der Waals surface area contributed by atoms with Crippen molar-refractivity contribution in [2.45, 2.75) is 334 Å². The first kappa shape index (κ1) is 61.8. The first-order valence-electron chi connectivity index (χ1n) is 28.6. The Kier molecular flexibility index (Phi) is 52.5. The molecule has 3 unspecified atom stereocenters. The second-order valence-corrected chi connectivity index (χ2v) is 19.9. The van der Waals surface area contributed by atoms with Crippen molar-refractivity contribution < 1.29 is 20.1 Å². The van der Waals surface area contributed by atoms with Crippen molar-refractivity contribution in [1.82, 2.24) is 5.32 Å². The van der Waals surface area contributed by atoms with Crippen LogP contribution in [-0.4, -0.2) is 46.1 Å². The van der Waals surface area contributed by atoms with Crippen LogP contribution in [0.2, 0.25) is 0 Å². The van der Waals surface area contributed by atoms with Crippen molar-refractivity contribution in [3.8, 4) is 0 Å². The first-order valence-corrected chi connectivity index (χ1v) is 28.6. The molecule has 0 fully saturated rings. The number of rotatable bonds is 53. The number of carbonyl (C=O) groups excluding carboxylic acids is 1. The maximum Gasteiger partial charge on any atom is 0.222 e. The quantitative estimate of drug-likeness (QED) is 0.0362. The third kappa shape index (κ3) is 50.1. The summed E-state index contributed by atoms with van der Waals surface area (Å²) in [5.74, 6) is -0.281. The van der Waals surface area contributed by atoms with Crippen LogP contribution in [0.3, 0.4) is 0 Å². The molecule has 0 aromatic heterocycles. The fraction of sp³-hybridized carbons (Fsp3) is 0.914. The van der Waals surface area contributed by atoms with Gasteiger partial charge in [0, 0.05) is 0 Å². The molecule has 0 radical (unpaired) electrons. The average Bonchev–Trinajstić information content (AvgIpc) is 3.28. The Morgan fingerprint density at radius 3 is 1.00 bits per heavy atom. The van der Waals surface area contributed by atoms with Gasteiger partial charge in [-0.15, -0.1) is 0 Å². The van der Waals surface area contributed by atoms with Crippen LogP contribution in [0.15, 0.2) is 24.3 Å². The van der Waals surface area contributed by atoms with E-state index in [0.29, 0.717) is 12.8 Å². The molecule has 0 aliphatic carbocycles. The maximum atomic E-state index is 12.5. The Balaban J connectivity index is 3.44. The summed E-state index contributed by atoms with van der Waals surface area (Å²) >= 11 is 0. The number of unbranched alkanes of at least 4 members (excludes halogenated alkanes) is 40. The predicted octanol–water partition coefficient (Wildman–Crippen LogP) is 17.7. The number of amides is 1. The van der Waals surface area contributed by atoms with Crippen LogP contribution in [-0.2, 0) is 4.79 Å². The van der Waals surface area contributed by atoms with E-state index in [-0.39, 0.29) is 18.9 Å². The number of aliphatic hydroxyl groups excluding tert-OH is 3. The molecule has 0 aromatic rings. The molecule has 0 spiro atoms. The third-order valence-electron chi connectivity index (χ3n) is 13.5. The van der Waals surface area contributed by atoms with Gasteiger partial charge in [-0.2, -0.15) is 0 Å². The van der Waals surface area contributed by atoms with Gasteiger partial charge in [0.05, 0.1) is 31.3 Å². The number of carbonyl (C=O) groups is 1. The summed E-state index contributed by atoms with van der Waals surface area (Å²) in [7, 11) is 0. The lowest BCUT2D eigenvalue weighted by Crippen LogP contribution is -2.46. The summed E-state index contributed by atoms with van der Waals surface area (Å²) < 4.78 is 0. The molecular weight excluding hydrogens is 775 g/mol. The minimum absolute atomic E-state index is 0.0388. The summed E-state index contributed by atoms with van der Waals surface area (Å²) in [5.41, 5.74) is 0. The van der Waals surface area contributed by atoms with Crippen LogP contribution in [0.25, 0.3) is 0 Å². The highest BCUT2D eigenvalue weighted by Crippen LogP contribution is 2.18. The summed E-state index contributed by atoms with van der Waals surface area (Å²) in [4.78, 5) is 12.5. The molecule has 0 aromatic carbocycles. The average molecular weight is 889 g/mol. The minimum Gasteiger partial charge on any atom is -0.394 e. The van der Waals surface area contributed by atoms with E-state index in [2.05, 4.69) is 43.5 Å². The topological polar surface area (TPSA) is 89.8 Å². The van der Waals surface area contributed by atoms with E-state index in [9.17, 15) is 20.1 Å². The predicted molar refractivity (Wildman–Crippen MR) is 278 cm³/mol. The monoisotopic (exact) mass is 888 g/mol. The van der Waals surface area contributed by atoms with Crippen LogP contribution in [0.4, 0.5) is 0 Å². The zero-order chi connectivity index (χ0) is 45.8. The van der Waals surface area contributed by atoms with E-state index in [4.69, 9.17) is 0 Å². The van der Waals surface area contributed by atoms with Crippen molar-refractivity contribution in [2.24, 2.45) is 0 Å².